The van der Waals surface area contributed by atoms with Crippen molar-refractivity contribution in [2.45, 2.75) is 58.0 Å². The molecular weight excluding hydrogens is 200 g/mol. The Kier molecular flexibility index (Phi) is 3.53. The Morgan fingerprint density at radius 1 is 1.25 bits per heavy atom. The van der Waals surface area contributed by atoms with E-state index in [1.165, 1.54) is 25.7 Å². The van der Waals surface area contributed by atoms with Crippen molar-refractivity contribution in [2.75, 3.05) is 6.54 Å². The van der Waals surface area contributed by atoms with E-state index in [4.69, 9.17) is 5.73 Å². The third-order valence-electron chi connectivity index (χ3n) is 4.28. The Bertz CT molecular complexity index is 265. The first-order valence-electron chi connectivity index (χ1n) is 6.67. The zero-order chi connectivity index (χ0) is 11.7. The highest BCUT2D eigenvalue weighted by molar-refractivity contribution is 5.82. The first-order chi connectivity index (χ1) is 7.61. The Morgan fingerprint density at radius 3 is 2.62 bits per heavy atom. The number of hydrogen-bond acceptors (Lipinski definition) is 2. The number of hydrogen-bond donors (Lipinski definition) is 1. The molecule has 0 spiro atoms. The molecule has 3 unspecified atom stereocenters. The minimum Gasteiger partial charge on any atom is -0.338 e. The van der Waals surface area contributed by atoms with Crippen LogP contribution in [0, 0.1) is 11.8 Å². The molecule has 2 fully saturated rings. The van der Waals surface area contributed by atoms with Crippen LogP contribution in [-0.2, 0) is 4.79 Å². The molecule has 1 amide bonds. The van der Waals surface area contributed by atoms with Crippen molar-refractivity contribution in [3.8, 4) is 0 Å². The lowest BCUT2D eigenvalue weighted by Crippen LogP contribution is -2.53. The van der Waals surface area contributed by atoms with E-state index in [1.54, 1.807) is 0 Å². The molecule has 2 N–H and O–H groups in total. The summed E-state index contributed by atoms with van der Waals surface area (Å²) in [7, 11) is 0. The number of carbonyl (C=O) groups excluding carboxylic acids is 1. The molecule has 0 aromatic heterocycles. The Morgan fingerprint density at radius 2 is 1.94 bits per heavy atom. The fourth-order valence-corrected chi connectivity index (χ4v) is 3.20. The molecule has 1 heterocycles. The lowest BCUT2D eigenvalue weighted by molar-refractivity contribution is -0.138. The van der Waals surface area contributed by atoms with Crippen LogP contribution in [0.5, 0.6) is 0 Å². The molecule has 0 aromatic rings. The number of piperidine rings is 1. The van der Waals surface area contributed by atoms with E-state index < -0.39 is 0 Å². The second-order valence-electron chi connectivity index (χ2n) is 5.70. The van der Waals surface area contributed by atoms with Crippen LogP contribution < -0.4 is 5.73 Å². The SMILES string of the molecule is CC(C)C(N)C(=O)N1CCCC2CCCC21. The summed E-state index contributed by atoms with van der Waals surface area (Å²) in [4.78, 5) is 14.4. The van der Waals surface area contributed by atoms with Gasteiger partial charge in [0.2, 0.25) is 5.91 Å². The Balaban J connectivity index is 2.05. The molecule has 92 valence electrons. The number of nitrogens with two attached hydrogens (primary N) is 1. The van der Waals surface area contributed by atoms with Gasteiger partial charge in [-0.05, 0) is 37.5 Å². The van der Waals surface area contributed by atoms with Crippen molar-refractivity contribution in [3.05, 3.63) is 0 Å². The van der Waals surface area contributed by atoms with E-state index in [9.17, 15) is 4.79 Å². The van der Waals surface area contributed by atoms with Gasteiger partial charge in [0.05, 0.1) is 6.04 Å². The third-order valence-corrected chi connectivity index (χ3v) is 4.28. The van der Waals surface area contributed by atoms with Gasteiger partial charge in [-0.2, -0.15) is 0 Å². The topological polar surface area (TPSA) is 46.3 Å². The van der Waals surface area contributed by atoms with Gasteiger partial charge in [0.1, 0.15) is 0 Å². The van der Waals surface area contributed by atoms with Gasteiger partial charge in [-0.1, -0.05) is 20.3 Å². The fraction of sp³-hybridized carbons (Fsp3) is 0.923. The third kappa shape index (κ3) is 2.10. The number of amides is 1. The van der Waals surface area contributed by atoms with Gasteiger partial charge in [0, 0.05) is 12.6 Å². The van der Waals surface area contributed by atoms with Gasteiger partial charge < -0.3 is 10.6 Å². The molecule has 0 bridgehead atoms. The molecule has 1 aliphatic heterocycles. The van der Waals surface area contributed by atoms with Gasteiger partial charge in [0.15, 0.2) is 0 Å². The molecule has 1 saturated carbocycles. The predicted molar refractivity (Wildman–Crippen MR) is 64.9 cm³/mol. The smallest absolute Gasteiger partial charge is 0.240 e. The second-order valence-corrected chi connectivity index (χ2v) is 5.70. The lowest BCUT2D eigenvalue weighted by atomic mass is 9.90. The zero-order valence-electron chi connectivity index (χ0n) is 10.5. The molecule has 0 radical (unpaired) electrons. The zero-order valence-corrected chi connectivity index (χ0v) is 10.5. The minimum absolute atomic E-state index is 0.187. The van der Waals surface area contributed by atoms with E-state index in [1.807, 2.05) is 13.8 Å². The summed E-state index contributed by atoms with van der Waals surface area (Å²) < 4.78 is 0. The standard InChI is InChI=1S/C13H24N2O/c1-9(2)12(14)13(16)15-8-4-6-10-5-3-7-11(10)15/h9-12H,3-8,14H2,1-2H3. The van der Waals surface area contributed by atoms with Crippen molar-refractivity contribution < 1.29 is 4.79 Å². The number of rotatable bonds is 2. The van der Waals surface area contributed by atoms with Crippen molar-refractivity contribution in [1.82, 2.24) is 4.90 Å². The number of nitrogens with zero attached hydrogens (tertiary/aromatic N) is 1. The maximum Gasteiger partial charge on any atom is 0.240 e. The van der Waals surface area contributed by atoms with Gasteiger partial charge in [-0.15, -0.1) is 0 Å². The average Bonchev–Trinajstić information content (AvgIpc) is 2.74. The van der Waals surface area contributed by atoms with Crippen molar-refractivity contribution >= 4 is 5.91 Å². The summed E-state index contributed by atoms with van der Waals surface area (Å²) in [5.74, 6) is 1.19. The van der Waals surface area contributed by atoms with Crippen LogP contribution in [0.3, 0.4) is 0 Å². The normalized spacial score (nSPS) is 31.6. The number of fused-ring (bicyclic) bond motifs is 1. The molecular formula is C13H24N2O. The largest absolute Gasteiger partial charge is 0.338 e. The van der Waals surface area contributed by atoms with Crippen LogP contribution in [0.15, 0.2) is 0 Å². The van der Waals surface area contributed by atoms with Gasteiger partial charge in [-0.3, -0.25) is 4.79 Å². The fourth-order valence-electron chi connectivity index (χ4n) is 3.20. The summed E-state index contributed by atoms with van der Waals surface area (Å²) in [6.07, 6.45) is 6.27. The van der Waals surface area contributed by atoms with Crippen molar-refractivity contribution in [3.63, 3.8) is 0 Å². The van der Waals surface area contributed by atoms with E-state index in [-0.39, 0.29) is 17.9 Å². The van der Waals surface area contributed by atoms with Crippen LogP contribution in [0.1, 0.15) is 46.0 Å². The van der Waals surface area contributed by atoms with Crippen LogP contribution in [-0.4, -0.2) is 29.4 Å². The van der Waals surface area contributed by atoms with Crippen LogP contribution in [0.4, 0.5) is 0 Å². The van der Waals surface area contributed by atoms with Crippen LogP contribution in [0.2, 0.25) is 0 Å². The molecule has 16 heavy (non-hydrogen) atoms. The quantitative estimate of drug-likeness (QED) is 0.777. The van der Waals surface area contributed by atoms with E-state index >= 15 is 0 Å². The van der Waals surface area contributed by atoms with Gasteiger partial charge in [-0.25, -0.2) is 0 Å². The van der Waals surface area contributed by atoms with Crippen molar-refractivity contribution in [1.29, 1.82) is 0 Å². The number of likely N-dealkylation sites (tertiary alicyclic amines) is 1. The maximum absolute atomic E-state index is 12.3. The first-order valence-corrected chi connectivity index (χ1v) is 6.67. The number of carbonyl (C=O) groups is 1. The van der Waals surface area contributed by atoms with E-state index in [2.05, 4.69) is 4.90 Å². The van der Waals surface area contributed by atoms with Gasteiger partial charge in [0.25, 0.3) is 0 Å². The van der Waals surface area contributed by atoms with E-state index in [0.717, 1.165) is 18.9 Å². The summed E-state index contributed by atoms with van der Waals surface area (Å²) in [6.45, 7) is 4.98. The van der Waals surface area contributed by atoms with Crippen molar-refractivity contribution in [2.24, 2.45) is 17.6 Å². The Hall–Kier alpha value is -0.570. The summed E-state index contributed by atoms with van der Waals surface area (Å²) >= 11 is 0. The molecule has 2 rings (SSSR count). The average molecular weight is 224 g/mol. The predicted octanol–water partition coefficient (Wildman–Crippen LogP) is 1.76. The highest BCUT2D eigenvalue weighted by Gasteiger charge is 2.38. The molecule has 3 nitrogen and oxygen atoms in total. The Labute approximate surface area is 98.4 Å². The second kappa shape index (κ2) is 4.74. The molecule has 0 aromatic carbocycles. The molecule has 1 aliphatic carbocycles. The maximum atomic E-state index is 12.3. The first kappa shape index (κ1) is 11.9. The van der Waals surface area contributed by atoms with E-state index in [0.29, 0.717) is 6.04 Å². The molecule has 1 saturated heterocycles. The minimum atomic E-state index is -0.306. The summed E-state index contributed by atoms with van der Waals surface area (Å²) in [5, 5.41) is 0. The molecule has 3 heteroatoms. The highest BCUT2D eigenvalue weighted by atomic mass is 16.2. The van der Waals surface area contributed by atoms with Gasteiger partial charge >= 0.3 is 0 Å². The van der Waals surface area contributed by atoms with Crippen LogP contribution in [0.25, 0.3) is 0 Å². The summed E-state index contributed by atoms with van der Waals surface area (Å²) in [6, 6.07) is 0.199. The summed E-state index contributed by atoms with van der Waals surface area (Å²) in [5.41, 5.74) is 5.98. The lowest BCUT2D eigenvalue weighted by Gasteiger charge is -2.39. The monoisotopic (exact) mass is 224 g/mol. The molecule has 3 atom stereocenters. The van der Waals surface area contributed by atoms with Crippen LogP contribution >= 0.6 is 0 Å². The molecule has 2 aliphatic rings. The highest BCUT2D eigenvalue weighted by Crippen LogP contribution is 2.37.